The monoisotopic (exact) mass is 366 g/mol. The zero-order chi connectivity index (χ0) is 19.4. The largest absolute Gasteiger partial charge is 0.543 e. The lowest BCUT2D eigenvalue weighted by atomic mass is 10.1. The third-order valence-corrected chi connectivity index (χ3v) is 10.8. The van der Waals surface area contributed by atoms with Crippen LogP contribution in [-0.4, -0.2) is 34.5 Å². The lowest BCUT2D eigenvalue weighted by Crippen LogP contribution is -2.50. The summed E-state index contributed by atoms with van der Waals surface area (Å²) in [6.07, 6.45) is 0. The Bertz CT molecular complexity index is 566. The molecule has 0 unspecified atom stereocenters. The maximum Gasteiger partial charge on any atom is 0.338 e. The molecular weight excluding hydrogens is 336 g/mol. The van der Waals surface area contributed by atoms with Crippen LogP contribution in [0.5, 0.6) is 5.75 Å². The summed E-state index contributed by atoms with van der Waals surface area (Å²) in [5.74, 6) is -0.505. The van der Waals surface area contributed by atoms with Crippen molar-refractivity contribution in [1.29, 1.82) is 0 Å². The fraction of sp³-hybridized carbons (Fsp3) is 0.579. The molecule has 25 heavy (non-hydrogen) atoms. The van der Waals surface area contributed by atoms with E-state index < -0.39 is 20.3 Å². The highest BCUT2D eigenvalue weighted by Gasteiger charge is 2.47. The molecule has 0 aliphatic heterocycles. The van der Waals surface area contributed by atoms with Crippen LogP contribution < -0.4 is 4.43 Å². The van der Waals surface area contributed by atoms with Crippen molar-refractivity contribution >= 4 is 20.3 Å². The van der Waals surface area contributed by atoms with Gasteiger partial charge >= 0.3 is 11.9 Å². The molecule has 0 fully saturated rings. The number of methoxy groups -OCH3 is 2. The van der Waals surface area contributed by atoms with E-state index in [1.807, 2.05) is 0 Å². The third-order valence-electron chi connectivity index (χ3n) is 4.75. The van der Waals surface area contributed by atoms with Crippen LogP contribution in [0.3, 0.4) is 0 Å². The number of carbonyl (C=O) groups excluding carboxylic acids is 2. The van der Waals surface area contributed by atoms with Gasteiger partial charge in [-0.2, -0.15) is 0 Å². The second kappa shape index (κ2) is 8.51. The molecule has 1 aromatic carbocycles. The topological polar surface area (TPSA) is 61.8 Å². The van der Waals surface area contributed by atoms with Gasteiger partial charge in [0.25, 0.3) is 8.32 Å². The van der Waals surface area contributed by atoms with E-state index in [0.29, 0.717) is 22.4 Å². The number of carbonyl (C=O) groups is 2. The lowest BCUT2D eigenvalue weighted by molar-refractivity contribution is 0.0598. The molecule has 140 valence electrons. The fourth-order valence-corrected chi connectivity index (χ4v) is 8.92. The predicted molar refractivity (Wildman–Crippen MR) is 101 cm³/mol. The van der Waals surface area contributed by atoms with E-state index in [9.17, 15) is 9.59 Å². The van der Waals surface area contributed by atoms with E-state index in [4.69, 9.17) is 13.9 Å². The molecule has 6 heteroatoms. The number of esters is 2. The summed E-state index contributed by atoms with van der Waals surface area (Å²) in [5.41, 5.74) is 1.67. The van der Waals surface area contributed by atoms with Crippen LogP contribution in [-0.2, 0) is 9.47 Å². The molecule has 5 nitrogen and oxygen atoms in total. The molecule has 0 radical (unpaired) electrons. The maximum atomic E-state index is 12.0. The van der Waals surface area contributed by atoms with Gasteiger partial charge in [-0.05, 0) is 34.8 Å². The van der Waals surface area contributed by atoms with Crippen molar-refractivity contribution in [1.82, 2.24) is 0 Å². The van der Waals surface area contributed by atoms with E-state index in [1.54, 1.807) is 12.1 Å². The molecule has 0 N–H and O–H groups in total. The summed E-state index contributed by atoms with van der Waals surface area (Å²) in [5, 5.41) is 0. The van der Waals surface area contributed by atoms with Gasteiger partial charge in [0, 0.05) is 0 Å². The van der Waals surface area contributed by atoms with Gasteiger partial charge in [-0.3, -0.25) is 0 Å². The average molecular weight is 367 g/mol. The Balaban J connectivity index is 3.48. The Hall–Kier alpha value is -1.82. The van der Waals surface area contributed by atoms with Crippen molar-refractivity contribution < 1.29 is 23.5 Å². The normalized spacial score (nSPS) is 11.8. The van der Waals surface area contributed by atoms with Crippen LogP contribution in [0.25, 0.3) is 0 Å². The van der Waals surface area contributed by atoms with Crippen LogP contribution >= 0.6 is 0 Å². The molecule has 0 saturated carbocycles. The van der Waals surface area contributed by atoms with Crippen molar-refractivity contribution in [2.75, 3.05) is 14.2 Å². The molecule has 0 aromatic heterocycles. The molecular formula is C19H30O5Si. The standard InChI is InChI=1S/C19H30O5Si/c1-12(2)25(13(3)4,14(5)6)24-17-10-15(18(20)22-7)9-16(11-17)19(21)23-8/h9-14H,1-8H3. The molecule has 0 saturated heterocycles. The summed E-state index contributed by atoms with van der Waals surface area (Å²) in [6.45, 7) is 13.1. The summed E-state index contributed by atoms with van der Waals surface area (Å²) in [7, 11) is 0.409. The van der Waals surface area contributed by atoms with E-state index in [1.165, 1.54) is 20.3 Å². The minimum Gasteiger partial charge on any atom is -0.543 e. The molecule has 0 spiro atoms. The first-order valence-corrected chi connectivity index (χ1v) is 10.7. The van der Waals surface area contributed by atoms with Gasteiger partial charge in [0.1, 0.15) is 5.75 Å². The second-order valence-corrected chi connectivity index (χ2v) is 12.5. The van der Waals surface area contributed by atoms with Gasteiger partial charge < -0.3 is 13.9 Å². The van der Waals surface area contributed by atoms with Gasteiger partial charge in [-0.15, -0.1) is 0 Å². The summed E-state index contributed by atoms with van der Waals surface area (Å²) < 4.78 is 16.2. The summed E-state index contributed by atoms with van der Waals surface area (Å²) in [4.78, 5) is 24.0. The average Bonchev–Trinajstić information content (AvgIpc) is 2.56. The Morgan fingerprint density at radius 1 is 0.760 bits per heavy atom. The first kappa shape index (κ1) is 21.2. The highest BCUT2D eigenvalue weighted by atomic mass is 28.4. The SMILES string of the molecule is COC(=O)c1cc(O[Si](C(C)C)(C(C)C)C(C)C)cc(C(=O)OC)c1. The molecule has 0 aliphatic carbocycles. The minimum atomic E-state index is -2.21. The smallest absolute Gasteiger partial charge is 0.338 e. The zero-order valence-corrected chi connectivity index (χ0v) is 17.5. The zero-order valence-electron chi connectivity index (χ0n) is 16.5. The van der Waals surface area contributed by atoms with Crippen molar-refractivity contribution in [3.05, 3.63) is 29.3 Å². The van der Waals surface area contributed by atoms with Crippen molar-refractivity contribution in [3.8, 4) is 5.75 Å². The van der Waals surface area contributed by atoms with Crippen LogP contribution in [0.15, 0.2) is 18.2 Å². The Kier molecular flexibility index (Phi) is 7.23. The van der Waals surface area contributed by atoms with E-state index >= 15 is 0 Å². The maximum absolute atomic E-state index is 12.0. The fourth-order valence-electron chi connectivity index (χ4n) is 3.69. The van der Waals surface area contributed by atoms with Gasteiger partial charge in [-0.25, -0.2) is 9.59 Å². The second-order valence-electron chi connectivity index (χ2n) is 7.15. The highest BCUT2D eigenvalue weighted by Crippen LogP contribution is 2.43. The Morgan fingerprint density at radius 2 is 1.12 bits per heavy atom. The van der Waals surface area contributed by atoms with Gasteiger partial charge in [-0.1, -0.05) is 41.5 Å². The quantitative estimate of drug-likeness (QED) is 0.512. The number of ether oxygens (including phenoxy) is 2. The van der Waals surface area contributed by atoms with Gasteiger partial charge in [0.2, 0.25) is 0 Å². The van der Waals surface area contributed by atoms with Crippen molar-refractivity contribution in [2.24, 2.45) is 0 Å². The molecule has 1 aromatic rings. The molecule has 1 rings (SSSR count). The summed E-state index contributed by atoms with van der Waals surface area (Å²) in [6, 6.07) is 4.76. The van der Waals surface area contributed by atoms with E-state index in [0.717, 1.165) is 0 Å². The third kappa shape index (κ3) is 4.42. The Morgan fingerprint density at radius 3 is 1.40 bits per heavy atom. The number of benzene rings is 1. The Labute approximate surface area is 151 Å². The predicted octanol–water partition coefficient (Wildman–Crippen LogP) is 4.81. The van der Waals surface area contributed by atoms with Gasteiger partial charge in [0.05, 0.1) is 25.3 Å². The first-order valence-electron chi connectivity index (χ1n) is 8.60. The number of hydrogen-bond acceptors (Lipinski definition) is 5. The van der Waals surface area contributed by atoms with Crippen LogP contribution in [0, 0.1) is 0 Å². The molecule has 0 aliphatic rings. The van der Waals surface area contributed by atoms with Gasteiger partial charge in [0.15, 0.2) is 0 Å². The van der Waals surface area contributed by atoms with Crippen LogP contribution in [0.1, 0.15) is 62.3 Å². The van der Waals surface area contributed by atoms with Crippen molar-refractivity contribution in [3.63, 3.8) is 0 Å². The van der Waals surface area contributed by atoms with E-state index in [-0.39, 0.29) is 11.1 Å². The molecule has 0 amide bonds. The van der Waals surface area contributed by atoms with E-state index in [2.05, 4.69) is 41.5 Å². The molecule has 0 atom stereocenters. The minimum absolute atomic E-state index is 0.277. The number of hydrogen-bond donors (Lipinski definition) is 0. The highest BCUT2D eigenvalue weighted by molar-refractivity contribution is 6.78. The lowest BCUT2D eigenvalue weighted by Gasteiger charge is -2.42. The van der Waals surface area contributed by atoms with Crippen LogP contribution in [0.2, 0.25) is 16.6 Å². The first-order chi connectivity index (χ1) is 11.6. The molecule has 0 heterocycles. The summed E-state index contributed by atoms with van der Waals surface area (Å²) >= 11 is 0. The van der Waals surface area contributed by atoms with Crippen LogP contribution in [0.4, 0.5) is 0 Å². The molecule has 0 bridgehead atoms. The van der Waals surface area contributed by atoms with Crippen molar-refractivity contribution in [2.45, 2.75) is 58.2 Å². The number of rotatable bonds is 7.